The molecule has 2 aromatic carbocycles. The molecule has 4 rings (SSSR count). The van der Waals surface area contributed by atoms with Crippen molar-refractivity contribution in [3.8, 4) is 0 Å². The Balaban J connectivity index is 1.54. The van der Waals surface area contributed by atoms with E-state index in [4.69, 9.17) is 0 Å². The monoisotopic (exact) mass is 357 g/mol. The van der Waals surface area contributed by atoms with Crippen LogP contribution in [0.15, 0.2) is 66.9 Å². The largest absolute Gasteiger partial charge is 0.347 e. The molecular weight excluding hydrogens is 334 g/mol. The SMILES string of the molecule is Cc1ccccc1CNC(=O)c1cc(N2c3ccccc3CC2C)ccn1. The van der Waals surface area contributed by atoms with E-state index in [1.807, 2.05) is 43.3 Å². The number of pyridine rings is 1. The zero-order chi connectivity index (χ0) is 18.8. The molecule has 0 saturated carbocycles. The van der Waals surface area contributed by atoms with E-state index >= 15 is 0 Å². The average Bonchev–Trinajstić information content (AvgIpc) is 3.03. The lowest BCUT2D eigenvalue weighted by molar-refractivity contribution is 0.0946. The number of aromatic nitrogens is 1. The minimum absolute atomic E-state index is 0.153. The lowest BCUT2D eigenvalue weighted by atomic mass is 10.1. The number of hydrogen-bond acceptors (Lipinski definition) is 3. The predicted octanol–water partition coefficient (Wildman–Crippen LogP) is 4.40. The fourth-order valence-electron chi connectivity index (χ4n) is 3.73. The summed E-state index contributed by atoms with van der Waals surface area (Å²) in [5.41, 5.74) is 6.28. The quantitative estimate of drug-likeness (QED) is 0.753. The van der Waals surface area contributed by atoms with Crippen molar-refractivity contribution in [3.63, 3.8) is 0 Å². The second-order valence-corrected chi connectivity index (χ2v) is 7.06. The zero-order valence-electron chi connectivity index (χ0n) is 15.6. The number of nitrogens with zero attached hydrogens (tertiary/aromatic N) is 2. The lowest BCUT2D eigenvalue weighted by Crippen LogP contribution is -2.26. The van der Waals surface area contributed by atoms with E-state index in [9.17, 15) is 4.79 Å². The van der Waals surface area contributed by atoms with E-state index in [0.717, 1.165) is 17.7 Å². The molecular formula is C23H23N3O. The Morgan fingerprint density at radius 3 is 2.78 bits per heavy atom. The minimum atomic E-state index is -0.153. The van der Waals surface area contributed by atoms with Gasteiger partial charge in [0, 0.05) is 30.2 Å². The number of rotatable bonds is 4. The van der Waals surface area contributed by atoms with E-state index in [2.05, 4.69) is 46.4 Å². The number of amides is 1. The highest BCUT2D eigenvalue weighted by atomic mass is 16.1. The van der Waals surface area contributed by atoms with Gasteiger partial charge in [-0.15, -0.1) is 0 Å². The van der Waals surface area contributed by atoms with Crippen LogP contribution in [0, 0.1) is 6.92 Å². The normalized spacial score (nSPS) is 15.5. The molecule has 0 aliphatic carbocycles. The van der Waals surface area contributed by atoms with Crippen LogP contribution in [0.2, 0.25) is 0 Å². The van der Waals surface area contributed by atoms with Gasteiger partial charge in [0.05, 0.1) is 0 Å². The predicted molar refractivity (Wildman–Crippen MR) is 108 cm³/mol. The van der Waals surface area contributed by atoms with Crippen LogP contribution in [-0.4, -0.2) is 16.9 Å². The number of fused-ring (bicyclic) bond motifs is 1. The summed E-state index contributed by atoms with van der Waals surface area (Å²) in [6.07, 6.45) is 2.72. The summed E-state index contributed by atoms with van der Waals surface area (Å²) in [5.74, 6) is -0.153. The standard InChI is InChI=1S/C23H23N3O/c1-16-7-3-4-9-19(16)15-25-23(27)21-14-20(11-12-24-21)26-17(2)13-18-8-5-6-10-22(18)26/h3-12,14,17H,13,15H2,1-2H3,(H,25,27). The summed E-state index contributed by atoms with van der Waals surface area (Å²) in [5, 5.41) is 2.98. The molecule has 0 saturated heterocycles. The maximum Gasteiger partial charge on any atom is 0.270 e. The summed E-state index contributed by atoms with van der Waals surface area (Å²) in [6.45, 7) is 4.76. The molecule has 0 fully saturated rings. The molecule has 1 aromatic heterocycles. The smallest absolute Gasteiger partial charge is 0.270 e. The van der Waals surface area contributed by atoms with Crippen molar-refractivity contribution in [3.05, 3.63) is 89.2 Å². The fourth-order valence-corrected chi connectivity index (χ4v) is 3.73. The van der Waals surface area contributed by atoms with Gasteiger partial charge in [-0.25, -0.2) is 0 Å². The molecule has 1 amide bonds. The molecule has 4 heteroatoms. The van der Waals surface area contributed by atoms with Gasteiger partial charge in [0.1, 0.15) is 5.69 Å². The first-order valence-electron chi connectivity index (χ1n) is 9.29. The van der Waals surface area contributed by atoms with Crippen molar-refractivity contribution in [1.29, 1.82) is 0 Å². The van der Waals surface area contributed by atoms with E-state index in [0.29, 0.717) is 18.3 Å². The Hall–Kier alpha value is -3.14. The highest BCUT2D eigenvalue weighted by molar-refractivity contribution is 5.93. The van der Waals surface area contributed by atoms with E-state index in [-0.39, 0.29) is 5.91 Å². The minimum Gasteiger partial charge on any atom is -0.347 e. The highest BCUT2D eigenvalue weighted by Gasteiger charge is 2.27. The van der Waals surface area contributed by atoms with Crippen LogP contribution < -0.4 is 10.2 Å². The van der Waals surface area contributed by atoms with Gasteiger partial charge in [-0.05, 0) is 55.2 Å². The molecule has 2 heterocycles. The van der Waals surface area contributed by atoms with Gasteiger partial charge < -0.3 is 10.2 Å². The van der Waals surface area contributed by atoms with Gasteiger partial charge in [-0.3, -0.25) is 9.78 Å². The van der Waals surface area contributed by atoms with Crippen LogP contribution in [0.1, 0.15) is 34.1 Å². The Morgan fingerprint density at radius 2 is 1.93 bits per heavy atom. The van der Waals surface area contributed by atoms with Crippen LogP contribution in [0.25, 0.3) is 0 Å². The van der Waals surface area contributed by atoms with Crippen LogP contribution in [0.4, 0.5) is 11.4 Å². The summed E-state index contributed by atoms with van der Waals surface area (Å²) in [7, 11) is 0. The lowest BCUT2D eigenvalue weighted by Gasteiger charge is -2.25. The summed E-state index contributed by atoms with van der Waals surface area (Å²) in [4.78, 5) is 19.2. The third-order valence-electron chi connectivity index (χ3n) is 5.16. The maximum atomic E-state index is 12.6. The number of para-hydroxylation sites is 1. The number of carbonyl (C=O) groups is 1. The number of benzene rings is 2. The van der Waals surface area contributed by atoms with Crippen LogP contribution in [0.3, 0.4) is 0 Å². The summed E-state index contributed by atoms with van der Waals surface area (Å²) < 4.78 is 0. The highest BCUT2D eigenvalue weighted by Crippen LogP contribution is 2.37. The number of nitrogens with one attached hydrogen (secondary N) is 1. The summed E-state index contributed by atoms with van der Waals surface area (Å²) >= 11 is 0. The van der Waals surface area contributed by atoms with Gasteiger partial charge >= 0.3 is 0 Å². The molecule has 1 aliphatic rings. The zero-order valence-corrected chi connectivity index (χ0v) is 15.6. The third kappa shape index (κ3) is 3.43. The molecule has 3 aromatic rings. The Kier molecular flexibility index (Phi) is 4.63. The average molecular weight is 357 g/mol. The van der Waals surface area contributed by atoms with E-state index < -0.39 is 0 Å². The van der Waals surface area contributed by atoms with Gasteiger partial charge in [0.15, 0.2) is 0 Å². The fraction of sp³-hybridized carbons (Fsp3) is 0.217. The molecule has 1 atom stereocenters. The van der Waals surface area contributed by atoms with Crippen molar-refractivity contribution < 1.29 is 4.79 Å². The molecule has 0 radical (unpaired) electrons. The molecule has 1 unspecified atom stereocenters. The second-order valence-electron chi connectivity index (χ2n) is 7.06. The molecule has 4 nitrogen and oxygen atoms in total. The molecule has 27 heavy (non-hydrogen) atoms. The second kappa shape index (κ2) is 7.23. The Labute approximate surface area is 159 Å². The van der Waals surface area contributed by atoms with Crippen molar-refractivity contribution in [2.45, 2.75) is 32.9 Å². The van der Waals surface area contributed by atoms with E-state index in [1.54, 1.807) is 6.20 Å². The van der Waals surface area contributed by atoms with Crippen LogP contribution >= 0.6 is 0 Å². The van der Waals surface area contributed by atoms with E-state index in [1.165, 1.54) is 16.8 Å². The number of carbonyl (C=O) groups excluding carboxylic acids is 1. The first-order valence-corrected chi connectivity index (χ1v) is 9.29. The Morgan fingerprint density at radius 1 is 1.15 bits per heavy atom. The van der Waals surface area contributed by atoms with Gasteiger partial charge in [-0.1, -0.05) is 42.5 Å². The van der Waals surface area contributed by atoms with Gasteiger partial charge in [-0.2, -0.15) is 0 Å². The van der Waals surface area contributed by atoms with Gasteiger partial charge in [0.25, 0.3) is 5.91 Å². The molecule has 1 N–H and O–H groups in total. The molecule has 1 aliphatic heterocycles. The number of hydrogen-bond donors (Lipinski definition) is 1. The van der Waals surface area contributed by atoms with Gasteiger partial charge in [0.2, 0.25) is 0 Å². The van der Waals surface area contributed by atoms with Crippen LogP contribution in [-0.2, 0) is 13.0 Å². The number of aryl methyl sites for hydroxylation is 1. The van der Waals surface area contributed by atoms with Crippen molar-refractivity contribution in [1.82, 2.24) is 10.3 Å². The van der Waals surface area contributed by atoms with Crippen molar-refractivity contribution >= 4 is 17.3 Å². The first kappa shape index (κ1) is 17.3. The van der Waals surface area contributed by atoms with Crippen molar-refractivity contribution in [2.75, 3.05) is 4.90 Å². The molecule has 136 valence electrons. The molecule has 0 bridgehead atoms. The van der Waals surface area contributed by atoms with Crippen LogP contribution in [0.5, 0.6) is 0 Å². The van der Waals surface area contributed by atoms with Crippen molar-refractivity contribution in [2.24, 2.45) is 0 Å². The molecule has 0 spiro atoms. The topological polar surface area (TPSA) is 45.2 Å². The number of anilines is 2. The Bertz CT molecular complexity index is 983. The third-order valence-corrected chi connectivity index (χ3v) is 5.16. The first-order chi connectivity index (χ1) is 13.1. The maximum absolute atomic E-state index is 12.6. The summed E-state index contributed by atoms with van der Waals surface area (Å²) in [6, 6.07) is 20.7.